The molecule has 5 heteroatoms. The average molecular weight is 258 g/mol. The third kappa shape index (κ3) is 2.45. The summed E-state index contributed by atoms with van der Waals surface area (Å²) in [5.74, 6) is -0.164. The van der Waals surface area contributed by atoms with Gasteiger partial charge in [0.1, 0.15) is 0 Å². The van der Waals surface area contributed by atoms with E-state index in [4.69, 9.17) is 5.73 Å². The second-order valence-electron chi connectivity index (χ2n) is 4.73. The van der Waals surface area contributed by atoms with Crippen molar-refractivity contribution in [2.75, 3.05) is 11.1 Å². The molecule has 1 heterocycles. The first kappa shape index (κ1) is 13.1. The molecule has 0 bridgehead atoms. The molecule has 0 unspecified atom stereocenters. The third-order valence-electron chi connectivity index (χ3n) is 3.21. The molecule has 19 heavy (non-hydrogen) atoms. The zero-order valence-electron chi connectivity index (χ0n) is 11.6. The summed E-state index contributed by atoms with van der Waals surface area (Å²) in [5.41, 5.74) is 10.5. The lowest BCUT2D eigenvalue weighted by molar-refractivity contribution is 0.102. The molecule has 1 aromatic carbocycles. The summed E-state index contributed by atoms with van der Waals surface area (Å²) in [5, 5.41) is 7.08. The summed E-state index contributed by atoms with van der Waals surface area (Å²) >= 11 is 0. The molecular formula is C14H18N4O. The summed E-state index contributed by atoms with van der Waals surface area (Å²) in [6, 6.07) is 3.74. The van der Waals surface area contributed by atoms with Crippen molar-refractivity contribution in [2.45, 2.75) is 20.8 Å². The van der Waals surface area contributed by atoms with Gasteiger partial charge in [-0.3, -0.25) is 9.48 Å². The number of aromatic nitrogens is 2. The van der Waals surface area contributed by atoms with Crippen LogP contribution in [0.3, 0.4) is 0 Å². The number of nitrogens with two attached hydrogens (primary N) is 1. The van der Waals surface area contributed by atoms with Crippen LogP contribution >= 0.6 is 0 Å². The normalized spacial score (nSPS) is 10.5. The lowest BCUT2D eigenvalue weighted by Crippen LogP contribution is -2.14. The Morgan fingerprint density at radius 1 is 1.32 bits per heavy atom. The number of nitrogens with zero attached hydrogens (tertiary/aromatic N) is 2. The first-order chi connectivity index (χ1) is 8.90. The van der Waals surface area contributed by atoms with Crippen LogP contribution in [0.2, 0.25) is 0 Å². The maximum absolute atomic E-state index is 12.3. The molecule has 0 radical (unpaired) electrons. The molecular weight excluding hydrogens is 240 g/mol. The van der Waals surface area contributed by atoms with E-state index in [0.717, 1.165) is 16.8 Å². The van der Waals surface area contributed by atoms with Gasteiger partial charge in [0, 0.05) is 24.6 Å². The molecule has 2 rings (SSSR count). The molecule has 3 N–H and O–H groups in total. The number of nitrogens with one attached hydrogen (secondary N) is 1. The minimum Gasteiger partial charge on any atom is -0.398 e. The van der Waals surface area contributed by atoms with Gasteiger partial charge in [0.25, 0.3) is 5.91 Å². The highest BCUT2D eigenvalue weighted by molar-refractivity contribution is 6.06. The predicted octanol–water partition coefficient (Wildman–Crippen LogP) is 2.18. The molecule has 0 saturated heterocycles. The molecule has 0 atom stereocenters. The van der Waals surface area contributed by atoms with Crippen LogP contribution in [-0.4, -0.2) is 15.7 Å². The van der Waals surface area contributed by atoms with Crippen LogP contribution < -0.4 is 11.1 Å². The minimum absolute atomic E-state index is 0.164. The Bertz CT molecular complexity index is 643. The fourth-order valence-corrected chi connectivity index (χ4v) is 2.06. The highest BCUT2D eigenvalue weighted by atomic mass is 16.1. The van der Waals surface area contributed by atoms with Gasteiger partial charge in [-0.15, -0.1) is 0 Å². The van der Waals surface area contributed by atoms with Crippen LogP contribution in [0.25, 0.3) is 0 Å². The van der Waals surface area contributed by atoms with Gasteiger partial charge in [0.05, 0.1) is 11.3 Å². The summed E-state index contributed by atoms with van der Waals surface area (Å²) in [6.45, 7) is 5.65. The Balaban J connectivity index is 2.34. The van der Waals surface area contributed by atoms with E-state index in [0.29, 0.717) is 16.9 Å². The van der Waals surface area contributed by atoms with Crippen molar-refractivity contribution in [3.05, 3.63) is 40.7 Å². The molecule has 1 aromatic heterocycles. The monoisotopic (exact) mass is 258 g/mol. The van der Waals surface area contributed by atoms with Crippen LogP contribution in [0.1, 0.15) is 27.2 Å². The average Bonchev–Trinajstić information content (AvgIpc) is 2.69. The standard InChI is InChI=1S/C14H18N4O/c1-8-5-6-12(15)9(2)13(8)16-14(19)11-7-18(4)17-10(11)3/h5-7H,15H2,1-4H3,(H,16,19). The van der Waals surface area contributed by atoms with E-state index in [1.165, 1.54) is 0 Å². The molecule has 5 nitrogen and oxygen atoms in total. The van der Waals surface area contributed by atoms with Crippen molar-refractivity contribution in [1.82, 2.24) is 9.78 Å². The number of hydrogen-bond donors (Lipinski definition) is 2. The third-order valence-corrected chi connectivity index (χ3v) is 3.21. The topological polar surface area (TPSA) is 72.9 Å². The number of rotatable bonds is 2. The molecule has 0 fully saturated rings. The van der Waals surface area contributed by atoms with E-state index in [1.807, 2.05) is 32.9 Å². The Morgan fingerprint density at radius 2 is 2.00 bits per heavy atom. The van der Waals surface area contributed by atoms with Gasteiger partial charge < -0.3 is 11.1 Å². The number of hydrogen-bond acceptors (Lipinski definition) is 3. The molecule has 0 saturated carbocycles. The number of amides is 1. The number of aryl methyl sites for hydroxylation is 3. The number of carbonyl (C=O) groups excluding carboxylic acids is 1. The maximum Gasteiger partial charge on any atom is 0.259 e. The SMILES string of the molecule is Cc1ccc(N)c(C)c1NC(=O)c1cn(C)nc1C. The number of anilines is 2. The van der Waals surface area contributed by atoms with Crippen LogP contribution in [0, 0.1) is 20.8 Å². The van der Waals surface area contributed by atoms with Gasteiger partial charge in [-0.05, 0) is 38.0 Å². The highest BCUT2D eigenvalue weighted by Gasteiger charge is 2.15. The van der Waals surface area contributed by atoms with E-state index in [9.17, 15) is 4.79 Å². The van der Waals surface area contributed by atoms with Crippen LogP contribution in [-0.2, 0) is 7.05 Å². The van der Waals surface area contributed by atoms with Crippen molar-refractivity contribution in [2.24, 2.45) is 7.05 Å². The lowest BCUT2D eigenvalue weighted by atomic mass is 10.1. The van der Waals surface area contributed by atoms with Gasteiger partial charge in [-0.25, -0.2) is 0 Å². The summed E-state index contributed by atoms with van der Waals surface area (Å²) in [6.07, 6.45) is 1.71. The summed E-state index contributed by atoms with van der Waals surface area (Å²) < 4.78 is 1.63. The van der Waals surface area contributed by atoms with Crippen LogP contribution in [0.15, 0.2) is 18.3 Å². The van der Waals surface area contributed by atoms with Gasteiger partial charge in [-0.1, -0.05) is 6.07 Å². The van der Waals surface area contributed by atoms with E-state index in [1.54, 1.807) is 17.9 Å². The molecule has 0 aliphatic rings. The maximum atomic E-state index is 12.3. The smallest absolute Gasteiger partial charge is 0.259 e. The van der Waals surface area contributed by atoms with Crippen molar-refractivity contribution in [3.8, 4) is 0 Å². The van der Waals surface area contributed by atoms with E-state index in [2.05, 4.69) is 10.4 Å². The largest absolute Gasteiger partial charge is 0.398 e. The van der Waals surface area contributed by atoms with E-state index < -0.39 is 0 Å². The van der Waals surface area contributed by atoms with Crippen molar-refractivity contribution >= 4 is 17.3 Å². The Labute approximate surface area is 112 Å². The van der Waals surface area contributed by atoms with Gasteiger partial charge in [0.2, 0.25) is 0 Å². The van der Waals surface area contributed by atoms with Crippen molar-refractivity contribution in [1.29, 1.82) is 0 Å². The second-order valence-corrected chi connectivity index (χ2v) is 4.73. The predicted molar refractivity (Wildman–Crippen MR) is 76.2 cm³/mol. The quantitative estimate of drug-likeness (QED) is 0.811. The van der Waals surface area contributed by atoms with Crippen molar-refractivity contribution in [3.63, 3.8) is 0 Å². The Kier molecular flexibility index (Phi) is 3.29. The number of benzene rings is 1. The molecule has 2 aromatic rings. The fraction of sp³-hybridized carbons (Fsp3) is 0.286. The second kappa shape index (κ2) is 4.76. The van der Waals surface area contributed by atoms with Crippen LogP contribution in [0.4, 0.5) is 11.4 Å². The lowest BCUT2D eigenvalue weighted by Gasteiger charge is -2.13. The molecule has 0 spiro atoms. The zero-order chi connectivity index (χ0) is 14.2. The van der Waals surface area contributed by atoms with Gasteiger partial charge in [-0.2, -0.15) is 5.10 Å². The summed E-state index contributed by atoms with van der Waals surface area (Å²) in [7, 11) is 1.79. The number of nitrogen functional groups attached to an aromatic ring is 1. The Morgan fingerprint density at radius 3 is 2.58 bits per heavy atom. The van der Waals surface area contributed by atoms with Gasteiger partial charge in [0.15, 0.2) is 0 Å². The fourth-order valence-electron chi connectivity index (χ4n) is 2.06. The van der Waals surface area contributed by atoms with E-state index in [-0.39, 0.29) is 5.91 Å². The van der Waals surface area contributed by atoms with E-state index >= 15 is 0 Å². The molecule has 100 valence electrons. The molecule has 0 aliphatic carbocycles. The zero-order valence-corrected chi connectivity index (χ0v) is 11.6. The van der Waals surface area contributed by atoms with Crippen LogP contribution in [0.5, 0.6) is 0 Å². The molecule has 0 aliphatic heterocycles. The Hall–Kier alpha value is -2.30. The number of carbonyl (C=O) groups is 1. The van der Waals surface area contributed by atoms with Gasteiger partial charge >= 0.3 is 0 Å². The highest BCUT2D eigenvalue weighted by Crippen LogP contribution is 2.25. The molecule has 1 amide bonds. The first-order valence-corrected chi connectivity index (χ1v) is 6.07. The minimum atomic E-state index is -0.164. The van der Waals surface area contributed by atoms with Crippen molar-refractivity contribution < 1.29 is 4.79 Å². The summed E-state index contributed by atoms with van der Waals surface area (Å²) in [4.78, 5) is 12.3. The first-order valence-electron chi connectivity index (χ1n) is 6.07.